The van der Waals surface area contributed by atoms with Crippen molar-refractivity contribution in [1.29, 1.82) is 0 Å². The van der Waals surface area contributed by atoms with Crippen LogP contribution >= 0.6 is 0 Å². The third kappa shape index (κ3) is 4.91. The maximum atomic E-state index is 12.2. The van der Waals surface area contributed by atoms with Crippen molar-refractivity contribution in [2.24, 2.45) is 0 Å². The van der Waals surface area contributed by atoms with Crippen molar-refractivity contribution in [3.05, 3.63) is 42.9 Å². The first kappa shape index (κ1) is 23.4. The van der Waals surface area contributed by atoms with Crippen molar-refractivity contribution >= 4 is 22.9 Å². The number of piperazine rings is 2. The lowest BCUT2D eigenvalue weighted by Crippen LogP contribution is -2.51. The number of anilines is 2. The number of fused-ring (bicyclic) bond motifs is 1. The minimum atomic E-state index is 0.0216. The molecule has 1 N–H and O–H groups in total. The summed E-state index contributed by atoms with van der Waals surface area (Å²) in [6.45, 7) is 14.4. The molecule has 0 aliphatic carbocycles. The van der Waals surface area contributed by atoms with Crippen molar-refractivity contribution < 1.29 is 4.79 Å². The van der Waals surface area contributed by atoms with Crippen LogP contribution in [0.1, 0.15) is 20.8 Å². The second-order valence-electron chi connectivity index (χ2n) is 9.60. The molecule has 5 heterocycles. The molecule has 0 radical (unpaired) electrons. The van der Waals surface area contributed by atoms with E-state index in [1.54, 1.807) is 0 Å². The summed E-state index contributed by atoms with van der Waals surface area (Å²) in [7, 11) is 0. The molecule has 0 bridgehead atoms. The molecule has 2 aliphatic rings. The first-order chi connectivity index (χ1) is 17.0. The second-order valence-corrected chi connectivity index (χ2v) is 9.60. The normalized spacial score (nSPS) is 17.4. The molecule has 2 saturated heterocycles. The number of carbonyl (C=O) groups is 1. The van der Waals surface area contributed by atoms with Gasteiger partial charge in [0, 0.05) is 82.9 Å². The molecule has 9 heteroatoms. The maximum absolute atomic E-state index is 12.2. The van der Waals surface area contributed by atoms with Crippen LogP contribution in [0.3, 0.4) is 0 Å². The van der Waals surface area contributed by atoms with Crippen LogP contribution in [0.25, 0.3) is 16.8 Å². The highest BCUT2D eigenvalue weighted by Crippen LogP contribution is 2.29. The molecule has 0 unspecified atom stereocenters. The predicted molar refractivity (Wildman–Crippen MR) is 140 cm³/mol. The van der Waals surface area contributed by atoms with Gasteiger partial charge in [-0.15, -0.1) is 0 Å². The smallest absolute Gasteiger partial charge is 0.317 e. The van der Waals surface area contributed by atoms with Crippen LogP contribution < -0.4 is 15.1 Å². The zero-order valence-electron chi connectivity index (χ0n) is 21.0. The number of hydrogen-bond acceptors (Lipinski definition) is 6. The van der Waals surface area contributed by atoms with Crippen LogP contribution in [-0.2, 0) is 0 Å². The summed E-state index contributed by atoms with van der Waals surface area (Å²) in [4.78, 5) is 26.1. The average molecular weight is 477 g/mol. The Labute approximate surface area is 207 Å². The summed E-state index contributed by atoms with van der Waals surface area (Å²) in [6, 6.07) is 9.16. The lowest BCUT2D eigenvalue weighted by Gasteiger charge is -2.38. The highest BCUT2D eigenvalue weighted by molar-refractivity contribution is 5.80. The van der Waals surface area contributed by atoms with Crippen molar-refractivity contribution in [1.82, 2.24) is 29.7 Å². The number of amides is 2. The van der Waals surface area contributed by atoms with Crippen LogP contribution in [0.15, 0.2) is 42.9 Å². The summed E-state index contributed by atoms with van der Waals surface area (Å²) in [5, 5.41) is 7.43. The van der Waals surface area contributed by atoms with Gasteiger partial charge in [0.1, 0.15) is 0 Å². The number of hydrogen-bond donors (Lipinski definition) is 1. The van der Waals surface area contributed by atoms with Crippen molar-refractivity contribution in [3.63, 3.8) is 0 Å². The molecule has 2 fully saturated rings. The Hall–Kier alpha value is -3.33. The largest absolute Gasteiger partial charge is 0.368 e. The summed E-state index contributed by atoms with van der Waals surface area (Å²) in [5.74, 6) is 0. The number of urea groups is 1. The Morgan fingerprint density at radius 1 is 1.00 bits per heavy atom. The van der Waals surface area contributed by atoms with E-state index >= 15 is 0 Å². The predicted octanol–water partition coefficient (Wildman–Crippen LogP) is 2.78. The van der Waals surface area contributed by atoms with Crippen molar-refractivity contribution in [2.75, 3.05) is 68.7 Å². The average Bonchev–Trinajstić information content (AvgIpc) is 3.34. The van der Waals surface area contributed by atoms with Crippen LogP contribution in [-0.4, -0.2) is 95.4 Å². The SMILES string of the molecule is CCNC(=O)N1CCN(c2ccnn3cc(-c4ccc(N5CCN(C(C)C)CC5)cn4)cc23)CC1. The van der Waals surface area contributed by atoms with E-state index in [0.29, 0.717) is 25.7 Å². The van der Waals surface area contributed by atoms with Gasteiger partial charge in [0.25, 0.3) is 0 Å². The highest BCUT2D eigenvalue weighted by Gasteiger charge is 2.23. The first-order valence-corrected chi connectivity index (χ1v) is 12.7. The molecule has 2 aliphatic heterocycles. The molecule has 3 aromatic rings. The number of rotatable bonds is 5. The quantitative estimate of drug-likeness (QED) is 0.611. The van der Waals surface area contributed by atoms with Crippen molar-refractivity contribution in [2.45, 2.75) is 26.8 Å². The number of nitrogens with one attached hydrogen (secondary N) is 1. The van der Waals surface area contributed by atoms with E-state index in [0.717, 1.165) is 61.7 Å². The van der Waals surface area contributed by atoms with Gasteiger partial charge in [0.05, 0.1) is 28.8 Å². The summed E-state index contributed by atoms with van der Waals surface area (Å²) in [5.41, 5.74) is 5.39. The Balaban J connectivity index is 1.29. The molecule has 0 saturated carbocycles. The molecule has 9 nitrogen and oxygen atoms in total. The van der Waals surface area contributed by atoms with Crippen LogP contribution in [0.5, 0.6) is 0 Å². The van der Waals surface area contributed by atoms with Gasteiger partial charge >= 0.3 is 6.03 Å². The lowest BCUT2D eigenvalue weighted by atomic mass is 10.2. The minimum absolute atomic E-state index is 0.0216. The molecule has 35 heavy (non-hydrogen) atoms. The number of aromatic nitrogens is 3. The highest BCUT2D eigenvalue weighted by atomic mass is 16.2. The molecule has 3 aromatic heterocycles. The van der Waals surface area contributed by atoms with Gasteiger partial charge in [-0.3, -0.25) is 9.88 Å². The van der Waals surface area contributed by atoms with E-state index in [1.807, 2.05) is 34.9 Å². The molecular weight excluding hydrogens is 440 g/mol. The number of nitrogens with zero attached hydrogens (tertiary/aromatic N) is 7. The fourth-order valence-electron chi connectivity index (χ4n) is 5.06. The van der Waals surface area contributed by atoms with E-state index in [9.17, 15) is 4.79 Å². The van der Waals surface area contributed by atoms with Gasteiger partial charge in [0.2, 0.25) is 0 Å². The van der Waals surface area contributed by atoms with Gasteiger partial charge in [-0.25, -0.2) is 9.31 Å². The van der Waals surface area contributed by atoms with Crippen molar-refractivity contribution in [3.8, 4) is 11.3 Å². The summed E-state index contributed by atoms with van der Waals surface area (Å²) < 4.78 is 1.93. The second kappa shape index (κ2) is 10.1. The zero-order valence-corrected chi connectivity index (χ0v) is 21.0. The standard InChI is InChI=1S/C26H36N8O/c1-4-27-26(35)33-15-13-32(14-16-33)24-7-8-29-34-19-21(17-25(24)34)23-6-5-22(18-28-23)31-11-9-30(10-12-31)20(2)3/h5-8,17-20H,4,9-16H2,1-3H3,(H,27,35). The molecular formula is C26H36N8O. The van der Waals surface area contributed by atoms with E-state index in [4.69, 9.17) is 4.98 Å². The van der Waals surface area contributed by atoms with E-state index in [-0.39, 0.29) is 6.03 Å². The van der Waals surface area contributed by atoms with E-state index in [2.05, 4.69) is 63.2 Å². The Bertz CT molecular complexity index is 1140. The minimum Gasteiger partial charge on any atom is -0.368 e. The van der Waals surface area contributed by atoms with Crippen LogP contribution in [0.4, 0.5) is 16.2 Å². The summed E-state index contributed by atoms with van der Waals surface area (Å²) >= 11 is 0. The molecule has 0 spiro atoms. The van der Waals surface area contributed by atoms with Crippen LogP contribution in [0, 0.1) is 0 Å². The van der Waals surface area contributed by atoms with Gasteiger partial charge < -0.3 is 20.0 Å². The molecule has 5 rings (SSSR count). The zero-order chi connectivity index (χ0) is 24.4. The third-order valence-electron chi connectivity index (χ3n) is 7.18. The van der Waals surface area contributed by atoms with Gasteiger partial charge in [-0.1, -0.05) is 0 Å². The number of carbonyl (C=O) groups excluding carboxylic acids is 1. The third-order valence-corrected chi connectivity index (χ3v) is 7.18. The molecule has 0 aromatic carbocycles. The Morgan fingerprint density at radius 2 is 1.74 bits per heavy atom. The lowest BCUT2D eigenvalue weighted by molar-refractivity contribution is 0.195. The fraction of sp³-hybridized carbons (Fsp3) is 0.500. The van der Waals surface area contributed by atoms with Gasteiger partial charge in [-0.05, 0) is 45.0 Å². The Morgan fingerprint density at radius 3 is 2.40 bits per heavy atom. The molecule has 2 amide bonds. The number of pyridine rings is 1. The first-order valence-electron chi connectivity index (χ1n) is 12.7. The van der Waals surface area contributed by atoms with Gasteiger partial charge in [-0.2, -0.15) is 5.10 Å². The van der Waals surface area contributed by atoms with E-state index in [1.165, 1.54) is 5.69 Å². The van der Waals surface area contributed by atoms with E-state index < -0.39 is 0 Å². The molecule has 186 valence electrons. The fourth-order valence-corrected chi connectivity index (χ4v) is 5.06. The molecule has 0 atom stereocenters. The van der Waals surface area contributed by atoms with Gasteiger partial charge in [0.15, 0.2) is 0 Å². The Kier molecular flexibility index (Phi) is 6.77. The topological polar surface area (TPSA) is 72.3 Å². The summed E-state index contributed by atoms with van der Waals surface area (Å²) in [6.07, 6.45) is 5.89. The van der Waals surface area contributed by atoms with Crippen LogP contribution in [0.2, 0.25) is 0 Å². The monoisotopic (exact) mass is 476 g/mol. The maximum Gasteiger partial charge on any atom is 0.317 e.